The first kappa shape index (κ1) is 21.7. The van der Waals surface area contributed by atoms with E-state index in [1.54, 1.807) is 28.8 Å². The Hall–Kier alpha value is -3.52. The first-order chi connectivity index (χ1) is 15.5. The van der Waals surface area contributed by atoms with Gasteiger partial charge in [0.05, 0.1) is 11.8 Å². The van der Waals surface area contributed by atoms with Crippen LogP contribution in [-0.4, -0.2) is 26.4 Å². The maximum Gasteiger partial charge on any atom is 0.230 e. The number of benzene rings is 3. The maximum atomic E-state index is 13.5. The number of nitrogens with one attached hydrogen (secondary N) is 1. The molecule has 0 saturated carbocycles. The third kappa shape index (κ3) is 5.03. The Morgan fingerprint density at radius 1 is 0.938 bits per heavy atom. The van der Waals surface area contributed by atoms with Crippen molar-refractivity contribution >= 4 is 17.7 Å². The van der Waals surface area contributed by atoms with Crippen LogP contribution in [0.5, 0.6) is 0 Å². The van der Waals surface area contributed by atoms with Crippen molar-refractivity contribution in [2.45, 2.75) is 18.1 Å². The summed E-state index contributed by atoms with van der Waals surface area (Å²) in [6.07, 6.45) is 0. The normalized spacial score (nSPS) is 11.8. The van der Waals surface area contributed by atoms with E-state index >= 15 is 0 Å². The van der Waals surface area contributed by atoms with Crippen LogP contribution in [-0.2, 0) is 4.79 Å². The van der Waals surface area contributed by atoms with Gasteiger partial charge >= 0.3 is 0 Å². The summed E-state index contributed by atoms with van der Waals surface area (Å²) in [6.45, 7) is 1.84. The first-order valence-electron chi connectivity index (χ1n) is 9.95. The smallest absolute Gasteiger partial charge is 0.230 e. The van der Waals surface area contributed by atoms with E-state index in [2.05, 4.69) is 15.5 Å². The number of aromatic nitrogens is 3. The third-order valence-corrected chi connectivity index (χ3v) is 5.76. The summed E-state index contributed by atoms with van der Waals surface area (Å²) in [4.78, 5) is 12.5. The fourth-order valence-electron chi connectivity index (χ4n) is 3.21. The molecule has 0 bridgehead atoms. The summed E-state index contributed by atoms with van der Waals surface area (Å²) in [7, 11) is 0. The average Bonchev–Trinajstić information content (AvgIpc) is 3.23. The highest BCUT2D eigenvalue weighted by Crippen LogP contribution is 2.28. The van der Waals surface area contributed by atoms with Gasteiger partial charge < -0.3 is 5.32 Å². The van der Waals surface area contributed by atoms with Crippen molar-refractivity contribution in [1.29, 1.82) is 0 Å². The number of carbonyl (C=O) groups is 1. The van der Waals surface area contributed by atoms with Crippen molar-refractivity contribution in [1.82, 2.24) is 20.1 Å². The molecule has 0 aliphatic heterocycles. The van der Waals surface area contributed by atoms with Gasteiger partial charge in [-0.05, 0) is 48.9 Å². The zero-order chi connectivity index (χ0) is 22.5. The number of carbonyl (C=O) groups excluding carboxylic acids is 1. The van der Waals surface area contributed by atoms with Crippen molar-refractivity contribution < 1.29 is 13.6 Å². The van der Waals surface area contributed by atoms with E-state index in [4.69, 9.17) is 0 Å². The topological polar surface area (TPSA) is 59.8 Å². The summed E-state index contributed by atoms with van der Waals surface area (Å²) in [5.41, 5.74) is 2.36. The van der Waals surface area contributed by atoms with Crippen molar-refractivity contribution in [3.63, 3.8) is 0 Å². The zero-order valence-electron chi connectivity index (χ0n) is 17.2. The highest BCUT2D eigenvalue weighted by Gasteiger charge is 2.18. The molecule has 4 aromatic rings. The summed E-state index contributed by atoms with van der Waals surface area (Å²) in [5, 5.41) is 12.0. The van der Waals surface area contributed by atoms with Gasteiger partial charge in [-0.3, -0.25) is 9.36 Å². The number of thioether (sulfide) groups is 1. The van der Waals surface area contributed by atoms with E-state index in [1.165, 1.54) is 36.0 Å². The Bertz CT molecular complexity index is 1200. The van der Waals surface area contributed by atoms with Crippen LogP contribution in [0.3, 0.4) is 0 Å². The molecule has 0 spiro atoms. The zero-order valence-corrected chi connectivity index (χ0v) is 18.0. The van der Waals surface area contributed by atoms with Gasteiger partial charge in [0, 0.05) is 11.3 Å². The highest BCUT2D eigenvalue weighted by atomic mass is 32.2. The molecule has 1 heterocycles. The minimum atomic E-state index is -0.341. The van der Waals surface area contributed by atoms with E-state index in [0.717, 1.165) is 11.1 Å². The highest BCUT2D eigenvalue weighted by molar-refractivity contribution is 7.99. The van der Waals surface area contributed by atoms with Crippen LogP contribution in [0, 0.1) is 11.6 Å². The van der Waals surface area contributed by atoms with Crippen LogP contribution in [0.1, 0.15) is 18.5 Å². The molecule has 1 unspecified atom stereocenters. The predicted molar refractivity (Wildman–Crippen MR) is 120 cm³/mol. The monoisotopic (exact) mass is 450 g/mol. The van der Waals surface area contributed by atoms with Gasteiger partial charge in [0.15, 0.2) is 11.0 Å². The largest absolute Gasteiger partial charge is 0.349 e. The van der Waals surface area contributed by atoms with E-state index in [-0.39, 0.29) is 29.3 Å². The molecule has 3 aromatic carbocycles. The molecule has 5 nitrogen and oxygen atoms in total. The van der Waals surface area contributed by atoms with Gasteiger partial charge in [-0.1, -0.05) is 54.2 Å². The van der Waals surface area contributed by atoms with Gasteiger partial charge in [0.25, 0.3) is 0 Å². The molecule has 0 fully saturated rings. The maximum absolute atomic E-state index is 13.5. The third-order valence-electron chi connectivity index (χ3n) is 4.83. The molecule has 1 aromatic heterocycles. The lowest BCUT2D eigenvalue weighted by Gasteiger charge is -2.14. The van der Waals surface area contributed by atoms with Gasteiger partial charge in [-0.15, -0.1) is 10.2 Å². The summed E-state index contributed by atoms with van der Waals surface area (Å²) < 4.78 is 28.4. The van der Waals surface area contributed by atoms with Crippen LogP contribution in [0.15, 0.2) is 84.0 Å². The van der Waals surface area contributed by atoms with Crippen molar-refractivity contribution in [3.05, 3.63) is 96.1 Å². The molecule has 0 aliphatic carbocycles. The molecule has 32 heavy (non-hydrogen) atoms. The summed E-state index contributed by atoms with van der Waals surface area (Å²) >= 11 is 1.23. The molecule has 0 aliphatic rings. The standard InChI is InChI=1S/C24H20F2N4OS/c1-16(17-7-9-19(25)10-8-17)27-22(31)15-32-24-29-28-23(18-5-3-2-4-6-18)30(24)21-13-11-20(26)12-14-21/h2-14,16H,15H2,1H3,(H,27,31). The molecule has 4 rings (SSSR count). The Kier molecular flexibility index (Phi) is 6.61. The van der Waals surface area contributed by atoms with Gasteiger partial charge in [-0.2, -0.15) is 0 Å². The fourth-order valence-corrected chi connectivity index (χ4v) is 3.97. The quantitative estimate of drug-likeness (QED) is 0.394. The Labute approximate surface area is 188 Å². The Balaban J connectivity index is 1.53. The second-order valence-corrected chi connectivity index (χ2v) is 8.06. The van der Waals surface area contributed by atoms with E-state index in [0.29, 0.717) is 16.7 Å². The van der Waals surface area contributed by atoms with E-state index in [1.807, 2.05) is 37.3 Å². The second-order valence-electron chi connectivity index (χ2n) is 7.11. The van der Waals surface area contributed by atoms with E-state index < -0.39 is 0 Å². The molecule has 0 radical (unpaired) electrons. The molecular weight excluding hydrogens is 430 g/mol. The van der Waals surface area contributed by atoms with Crippen LogP contribution in [0.2, 0.25) is 0 Å². The number of rotatable bonds is 7. The number of halogens is 2. The van der Waals surface area contributed by atoms with Crippen LogP contribution >= 0.6 is 11.8 Å². The molecule has 1 N–H and O–H groups in total. The van der Waals surface area contributed by atoms with Crippen molar-refractivity contribution in [3.8, 4) is 17.1 Å². The number of amides is 1. The summed E-state index contributed by atoms with van der Waals surface area (Å²) in [6, 6.07) is 21.3. The van der Waals surface area contributed by atoms with Crippen molar-refractivity contribution in [2.75, 3.05) is 5.75 Å². The SMILES string of the molecule is CC(NC(=O)CSc1nnc(-c2ccccc2)n1-c1ccc(F)cc1)c1ccc(F)cc1. The van der Waals surface area contributed by atoms with Crippen LogP contribution in [0.25, 0.3) is 17.1 Å². The van der Waals surface area contributed by atoms with Gasteiger partial charge in [-0.25, -0.2) is 8.78 Å². The fraction of sp³-hybridized carbons (Fsp3) is 0.125. The molecular formula is C24H20F2N4OS. The lowest BCUT2D eigenvalue weighted by Crippen LogP contribution is -2.28. The number of hydrogen-bond acceptors (Lipinski definition) is 4. The molecule has 1 amide bonds. The van der Waals surface area contributed by atoms with Crippen LogP contribution in [0.4, 0.5) is 8.78 Å². The predicted octanol–water partition coefficient (Wildman–Crippen LogP) is 5.18. The first-order valence-corrected chi connectivity index (χ1v) is 10.9. The van der Waals surface area contributed by atoms with Crippen molar-refractivity contribution in [2.24, 2.45) is 0 Å². The van der Waals surface area contributed by atoms with Crippen LogP contribution < -0.4 is 5.32 Å². The Morgan fingerprint density at radius 2 is 1.56 bits per heavy atom. The van der Waals surface area contributed by atoms with E-state index in [9.17, 15) is 13.6 Å². The molecule has 1 atom stereocenters. The minimum Gasteiger partial charge on any atom is -0.349 e. The number of nitrogens with zero attached hydrogens (tertiary/aromatic N) is 3. The lowest BCUT2D eigenvalue weighted by molar-refractivity contribution is -0.119. The van der Waals surface area contributed by atoms with Gasteiger partial charge in [0.2, 0.25) is 5.91 Å². The minimum absolute atomic E-state index is 0.111. The lowest BCUT2D eigenvalue weighted by atomic mass is 10.1. The average molecular weight is 451 g/mol. The second kappa shape index (κ2) is 9.74. The van der Waals surface area contributed by atoms with Gasteiger partial charge in [0.1, 0.15) is 11.6 Å². The Morgan fingerprint density at radius 3 is 2.22 bits per heavy atom. The molecule has 8 heteroatoms. The number of hydrogen-bond donors (Lipinski definition) is 1. The molecule has 0 saturated heterocycles. The summed E-state index contributed by atoms with van der Waals surface area (Å²) in [5.74, 6) is -0.148. The molecule has 162 valence electrons.